The fourth-order valence-corrected chi connectivity index (χ4v) is 3.82. The molecule has 2 aromatic heterocycles. The van der Waals surface area contributed by atoms with Crippen LogP contribution in [0.5, 0.6) is 0 Å². The summed E-state index contributed by atoms with van der Waals surface area (Å²) < 4.78 is 26.3. The molecule has 2 heterocycles. The Kier molecular flexibility index (Phi) is 2.80. The summed E-state index contributed by atoms with van der Waals surface area (Å²) in [5.41, 5.74) is 0.469. The monoisotopic (exact) mass is 292 g/mol. The molecule has 3 rings (SSSR count). The first-order chi connectivity index (χ1) is 9.10. The van der Waals surface area contributed by atoms with Crippen molar-refractivity contribution in [2.75, 3.05) is 0 Å². The molecule has 6 heteroatoms. The summed E-state index contributed by atoms with van der Waals surface area (Å²) >= 11 is 6.06. The van der Waals surface area contributed by atoms with Crippen molar-refractivity contribution in [3.05, 3.63) is 60.0 Å². The predicted octanol–water partition coefficient (Wildman–Crippen LogP) is 2.93. The van der Waals surface area contributed by atoms with Crippen molar-refractivity contribution in [3.8, 4) is 0 Å². The molecule has 0 spiro atoms. The zero-order valence-corrected chi connectivity index (χ0v) is 11.3. The first-order valence-electron chi connectivity index (χ1n) is 5.52. The Hall–Kier alpha value is -1.85. The minimum Gasteiger partial charge on any atom is -0.262 e. The number of benzene rings is 1. The molecule has 0 saturated carbocycles. The highest BCUT2D eigenvalue weighted by Crippen LogP contribution is 2.27. The molecule has 3 aromatic rings. The first kappa shape index (κ1) is 12.2. The van der Waals surface area contributed by atoms with Crippen molar-refractivity contribution in [1.29, 1.82) is 0 Å². The van der Waals surface area contributed by atoms with Gasteiger partial charge in [-0.1, -0.05) is 29.8 Å². The lowest BCUT2D eigenvalue weighted by Crippen LogP contribution is -2.12. The normalized spacial score (nSPS) is 11.8. The van der Waals surface area contributed by atoms with Gasteiger partial charge in [0.15, 0.2) is 0 Å². The van der Waals surface area contributed by atoms with E-state index in [1.807, 2.05) is 0 Å². The molecule has 0 aliphatic carbocycles. The van der Waals surface area contributed by atoms with Crippen LogP contribution in [0.2, 0.25) is 5.15 Å². The maximum Gasteiger partial charge on any atom is 0.269 e. The summed E-state index contributed by atoms with van der Waals surface area (Å²) in [6.07, 6.45) is 3.08. The Bertz CT molecular complexity index is 841. The molecule has 0 unspecified atom stereocenters. The number of rotatable bonds is 2. The van der Waals surface area contributed by atoms with Crippen LogP contribution in [-0.4, -0.2) is 17.4 Å². The number of aromatic nitrogens is 2. The first-order valence-corrected chi connectivity index (χ1v) is 7.34. The lowest BCUT2D eigenvalue weighted by molar-refractivity contribution is 0.589. The Labute approximate surface area is 115 Å². The third kappa shape index (κ3) is 1.91. The fourth-order valence-electron chi connectivity index (χ4n) is 1.93. The average molecular weight is 293 g/mol. The van der Waals surface area contributed by atoms with Gasteiger partial charge in [0.25, 0.3) is 10.0 Å². The van der Waals surface area contributed by atoms with E-state index in [1.165, 1.54) is 18.3 Å². The lowest BCUT2D eigenvalue weighted by Gasteiger charge is -2.08. The molecule has 0 aliphatic heterocycles. The summed E-state index contributed by atoms with van der Waals surface area (Å²) in [5, 5.41) is 0.881. The van der Waals surface area contributed by atoms with E-state index in [0.717, 1.165) is 9.36 Å². The molecule has 96 valence electrons. The largest absolute Gasteiger partial charge is 0.269 e. The van der Waals surface area contributed by atoms with Gasteiger partial charge in [-0.2, -0.15) is 0 Å². The summed E-state index contributed by atoms with van der Waals surface area (Å²) in [6, 6.07) is 11.5. The van der Waals surface area contributed by atoms with Crippen molar-refractivity contribution >= 4 is 32.5 Å². The zero-order valence-electron chi connectivity index (χ0n) is 9.69. The predicted molar refractivity (Wildman–Crippen MR) is 73.8 cm³/mol. The van der Waals surface area contributed by atoms with Gasteiger partial charge in [0.2, 0.25) is 0 Å². The number of hydrogen-bond acceptors (Lipinski definition) is 3. The van der Waals surface area contributed by atoms with Gasteiger partial charge in [-0.15, -0.1) is 0 Å². The Morgan fingerprint density at radius 2 is 1.84 bits per heavy atom. The van der Waals surface area contributed by atoms with E-state index in [4.69, 9.17) is 11.6 Å². The molecule has 19 heavy (non-hydrogen) atoms. The second-order valence-electron chi connectivity index (χ2n) is 3.98. The van der Waals surface area contributed by atoms with E-state index in [1.54, 1.807) is 36.5 Å². The molecule has 0 radical (unpaired) electrons. The van der Waals surface area contributed by atoms with E-state index in [0.29, 0.717) is 5.52 Å². The third-order valence-electron chi connectivity index (χ3n) is 2.80. The molecule has 0 N–H and O–H groups in total. The summed E-state index contributed by atoms with van der Waals surface area (Å²) in [5.74, 6) is 0. The van der Waals surface area contributed by atoms with Gasteiger partial charge in [-0.05, 0) is 24.3 Å². The maximum absolute atomic E-state index is 12.6. The number of nitrogens with zero attached hydrogens (tertiary/aromatic N) is 2. The molecule has 0 fully saturated rings. The molecule has 0 bridgehead atoms. The third-order valence-corrected chi connectivity index (χ3v) is 4.92. The van der Waals surface area contributed by atoms with Crippen LogP contribution < -0.4 is 0 Å². The highest BCUT2D eigenvalue weighted by molar-refractivity contribution is 7.90. The standard InChI is InChI=1S/C13H9ClN2O2S/c14-13-8-10-6-7-15-9-12(10)16(13)19(17,18)11-4-2-1-3-5-11/h1-9H. The summed E-state index contributed by atoms with van der Waals surface area (Å²) in [7, 11) is -3.71. The fraction of sp³-hybridized carbons (Fsp3) is 0. The summed E-state index contributed by atoms with van der Waals surface area (Å²) in [6.45, 7) is 0. The highest BCUT2D eigenvalue weighted by atomic mass is 35.5. The molecule has 0 amide bonds. The van der Waals surface area contributed by atoms with Crippen LogP contribution in [0.25, 0.3) is 10.9 Å². The van der Waals surface area contributed by atoms with Gasteiger partial charge in [0.1, 0.15) is 5.15 Å². The van der Waals surface area contributed by atoms with Crippen LogP contribution in [0, 0.1) is 0 Å². The van der Waals surface area contributed by atoms with Crippen molar-refractivity contribution in [1.82, 2.24) is 8.96 Å². The second-order valence-corrected chi connectivity index (χ2v) is 6.16. The van der Waals surface area contributed by atoms with Crippen LogP contribution in [0.15, 0.2) is 59.8 Å². The van der Waals surface area contributed by atoms with E-state index in [-0.39, 0.29) is 10.0 Å². The number of pyridine rings is 1. The second kappa shape index (κ2) is 4.36. The number of hydrogen-bond donors (Lipinski definition) is 0. The topological polar surface area (TPSA) is 52.0 Å². The molecule has 4 nitrogen and oxygen atoms in total. The van der Waals surface area contributed by atoms with Crippen LogP contribution in [0.4, 0.5) is 0 Å². The van der Waals surface area contributed by atoms with Crippen molar-refractivity contribution in [2.45, 2.75) is 4.90 Å². The minimum atomic E-state index is -3.71. The average Bonchev–Trinajstić information content (AvgIpc) is 2.76. The van der Waals surface area contributed by atoms with Gasteiger partial charge in [0.05, 0.1) is 16.6 Å². The maximum atomic E-state index is 12.6. The molecular formula is C13H9ClN2O2S. The molecule has 1 aromatic carbocycles. The molecule has 0 atom stereocenters. The van der Waals surface area contributed by atoms with Gasteiger partial charge < -0.3 is 0 Å². The quantitative estimate of drug-likeness (QED) is 0.730. The summed E-state index contributed by atoms with van der Waals surface area (Å²) in [4.78, 5) is 4.14. The van der Waals surface area contributed by atoms with Crippen molar-refractivity contribution in [2.24, 2.45) is 0 Å². The van der Waals surface area contributed by atoms with Gasteiger partial charge in [-0.25, -0.2) is 12.4 Å². The SMILES string of the molecule is O=S(=O)(c1ccccc1)n1c(Cl)cc2ccncc21. The van der Waals surface area contributed by atoms with E-state index >= 15 is 0 Å². The van der Waals surface area contributed by atoms with Crippen LogP contribution in [0.3, 0.4) is 0 Å². The van der Waals surface area contributed by atoms with Crippen LogP contribution in [-0.2, 0) is 10.0 Å². The van der Waals surface area contributed by atoms with Gasteiger partial charge >= 0.3 is 0 Å². The Balaban J connectivity index is 2.34. The van der Waals surface area contributed by atoms with Crippen molar-refractivity contribution < 1.29 is 8.42 Å². The smallest absolute Gasteiger partial charge is 0.262 e. The minimum absolute atomic E-state index is 0.145. The van der Waals surface area contributed by atoms with Gasteiger partial charge in [-0.3, -0.25) is 4.98 Å². The number of fused-ring (bicyclic) bond motifs is 1. The molecular weight excluding hydrogens is 284 g/mol. The molecule has 0 aliphatic rings. The van der Waals surface area contributed by atoms with E-state index < -0.39 is 10.0 Å². The lowest BCUT2D eigenvalue weighted by atomic mass is 10.3. The van der Waals surface area contributed by atoms with Crippen LogP contribution >= 0.6 is 11.6 Å². The van der Waals surface area contributed by atoms with Gasteiger partial charge in [0, 0.05) is 11.6 Å². The van der Waals surface area contributed by atoms with E-state index in [9.17, 15) is 8.42 Å². The Morgan fingerprint density at radius 1 is 1.11 bits per heavy atom. The van der Waals surface area contributed by atoms with Crippen LogP contribution in [0.1, 0.15) is 0 Å². The van der Waals surface area contributed by atoms with Crippen molar-refractivity contribution in [3.63, 3.8) is 0 Å². The highest BCUT2D eigenvalue weighted by Gasteiger charge is 2.21. The molecule has 0 saturated heterocycles. The Morgan fingerprint density at radius 3 is 2.58 bits per heavy atom. The van der Waals surface area contributed by atoms with E-state index in [2.05, 4.69) is 4.98 Å². The zero-order chi connectivity index (χ0) is 13.5. The number of halogens is 1.